The van der Waals surface area contributed by atoms with E-state index in [4.69, 9.17) is 11.5 Å². The van der Waals surface area contributed by atoms with Crippen molar-refractivity contribution in [1.82, 2.24) is 4.98 Å². The van der Waals surface area contributed by atoms with E-state index in [1.165, 1.54) is 0 Å². The molecule has 0 spiro atoms. The number of rotatable bonds is 2. The standard InChI is InChI=1S/C8H7F6N3O/c9-7(10,11)5-3(1-15)6(17-2-4(5)16)18-8(12,13)14/h2H,1,15-16H2. The first-order valence-corrected chi connectivity index (χ1v) is 4.36. The third-order valence-corrected chi connectivity index (χ3v) is 1.87. The molecule has 0 fully saturated rings. The van der Waals surface area contributed by atoms with Crippen LogP contribution < -0.4 is 16.2 Å². The molecule has 0 saturated heterocycles. The zero-order chi connectivity index (χ0) is 14.1. The van der Waals surface area contributed by atoms with Gasteiger partial charge in [-0.2, -0.15) is 13.2 Å². The highest BCUT2D eigenvalue weighted by atomic mass is 19.4. The number of alkyl halides is 6. The van der Waals surface area contributed by atoms with Gasteiger partial charge in [0.1, 0.15) is 0 Å². The second-order valence-corrected chi connectivity index (χ2v) is 3.12. The first-order chi connectivity index (χ1) is 8.06. The van der Waals surface area contributed by atoms with Crippen molar-refractivity contribution in [3.05, 3.63) is 17.3 Å². The maximum absolute atomic E-state index is 12.6. The van der Waals surface area contributed by atoms with Crippen LogP contribution in [0.4, 0.5) is 32.0 Å². The third-order valence-electron chi connectivity index (χ3n) is 1.87. The molecule has 0 atom stereocenters. The van der Waals surface area contributed by atoms with Crippen molar-refractivity contribution in [1.29, 1.82) is 0 Å². The normalized spacial score (nSPS) is 12.6. The van der Waals surface area contributed by atoms with Crippen LogP contribution in [0, 0.1) is 0 Å². The number of anilines is 1. The van der Waals surface area contributed by atoms with Crippen molar-refractivity contribution in [2.24, 2.45) is 5.73 Å². The van der Waals surface area contributed by atoms with Crippen LogP contribution in [-0.2, 0) is 12.7 Å². The summed E-state index contributed by atoms with van der Waals surface area (Å²) in [5.41, 5.74) is 6.79. The van der Waals surface area contributed by atoms with Crippen LogP contribution in [0.5, 0.6) is 5.88 Å². The minimum Gasteiger partial charge on any atom is -0.397 e. The van der Waals surface area contributed by atoms with Crippen LogP contribution in [-0.4, -0.2) is 11.3 Å². The van der Waals surface area contributed by atoms with Crippen LogP contribution in [0.25, 0.3) is 0 Å². The molecule has 0 amide bonds. The summed E-state index contributed by atoms with van der Waals surface area (Å²) >= 11 is 0. The Balaban J connectivity index is 3.39. The largest absolute Gasteiger partial charge is 0.574 e. The molecule has 1 rings (SSSR count). The van der Waals surface area contributed by atoms with Crippen LogP contribution >= 0.6 is 0 Å². The molecular weight excluding hydrogens is 268 g/mol. The van der Waals surface area contributed by atoms with Gasteiger partial charge in [0, 0.05) is 12.1 Å². The Hall–Kier alpha value is -1.71. The van der Waals surface area contributed by atoms with E-state index in [1.54, 1.807) is 0 Å². The van der Waals surface area contributed by atoms with E-state index in [0.29, 0.717) is 6.20 Å². The van der Waals surface area contributed by atoms with Gasteiger partial charge in [0.05, 0.1) is 17.4 Å². The molecule has 0 aliphatic carbocycles. The number of nitrogens with zero attached hydrogens (tertiary/aromatic N) is 1. The lowest BCUT2D eigenvalue weighted by atomic mass is 10.1. The van der Waals surface area contributed by atoms with Gasteiger partial charge < -0.3 is 16.2 Å². The number of halogens is 6. The summed E-state index contributed by atoms with van der Waals surface area (Å²) in [6, 6.07) is 0. The highest BCUT2D eigenvalue weighted by molar-refractivity contribution is 5.54. The summed E-state index contributed by atoms with van der Waals surface area (Å²) in [6.07, 6.45) is -9.69. The number of aromatic nitrogens is 1. The highest BCUT2D eigenvalue weighted by Crippen LogP contribution is 2.39. The van der Waals surface area contributed by atoms with Crippen molar-refractivity contribution in [3.63, 3.8) is 0 Å². The topological polar surface area (TPSA) is 74.2 Å². The quantitative estimate of drug-likeness (QED) is 0.810. The average molecular weight is 275 g/mol. The summed E-state index contributed by atoms with van der Waals surface area (Å²) in [5.74, 6) is -1.26. The van der Waals surface area contributed by atoms with Gasteiger partial charge in [0.15, 0.2) is 0 Å². The van der Waals surface area contributed by atoms with Crippen LogP contribution in [0.2, 0.25) is 0 Å². The van der Waals surface area contributed by atoms with Gasteiger partial charge in [-0.1, -0.05) is 0 Å². The van der Waals surface area contributed by atoms with E-state index in [1.807, 2.05) is 0 Å². The Morgan fingerprint density at radius 3 is 2.11 bits per heavy atom. The van der Waals surface area contributed by atoms with Gasteiger partial charge in [-0.3, -0.25) is 0 Å². The van der Waals surface area contributed by atoms with E-state index in [2.05, 4.69) is 9.72 Å². The molecule has 0 unspecified atom stereocenters. The second-order valence-electron chi connectivity index (χ2n) is 3.12. The molecule has 0 aromatic carbocycles. The molecule has 0 radical (unpaired) electrons. The Labute approximate surface area is 96.5 Å². The number of ether oxygens (including phenoxy) is 1. The lowest BCUT2D eigenvalue weighted by Crippen LogP contribution is -2.23. The molecule has 1 aromatic rings. The van der Waals surface area contributed by atoms with E-state index < -0.39 is 41.8 Å². The van der Waals surface area contributed by atoms with Gasteiger partial charge >= 0.3 is 12.5 Å². The third kappa shape index (κ3) is 3.15. The van der Waals surface area contributed by atoms with E-state index in [9.17, 15) is 26.3 Å². The summed E-state index contributed by atoms with van der Waals surface area (Å²) in [5, 5.41) is 0. The van der Waals surface area contributed by atoms with Crippen molar-refractivity contribution < 1.29 is 31.1 Å². The molecule has 102 valence electrons. The summed E-state index contributed by atoms with van der Waals surface area (Å²) in [4.78, 5) is 3.06. The molecule has 0 aliphatic heterocycles. The molecule has 10 heteroatoms. The predicted molar refractivity (Wildman–Crippen MR) is 48.2 cm³/mol. The fourth-order valence-corrected chi connectivity index (χ4v) is 1.27. The minimum atomic E-state index is -5.17. The molecule has 0 aliphatic rings. The molecule has 1 heterocycles. The molecule has 1 aromatic heterocycles. The number of nitrogens with two attached hydrogens (primary N) is 2. The molecule has 0 bridgehead atoms. The van der Waals surface area contributed by atoms with E-state index in [-0.39, 0.29) is 0 Å². The fraction of sp³-hybridized carbons (Fsp3) is 0.375. The van der Waals surface area contributed by atoms with Gasteiger partial charge in [-0.25, -0.2) is 4.98 Å². The Bertz CT molecular complexity index is 442. The van der Waals surface area contributed by atoms with Gasteiger partial charge in [0.25, 0.3) is 0 Å². The molecule has 0 saturated carbocycles. The second kappa shape index (κ2) is 4.52. The number of hydrogen-bond acceptors (Lipinski definition) is 4. The van der Waals surface area contributed by atoms with Crippen LogP contribution in [0.1, 0.15) is 11.1 Å². The molecular formula is C8H7F6N3O. The summed E-state index contributed by atoms with van der Waals surface area (Å²) in [7, 11) is 0. The monoisotopic (exact) mass is 275 g/mol. The maximum Gasteiger partial charge on any atom is 0.574 e. The van der Waals surface area contributed by atoms with E-state index >= 15 is 0 Å². The van der Waals surface area contributed by atoms with Gasteiger partial charge in [-0.05, 0) is 0 Å². The lowest BCUT2D eigenvalue weighted by Gasteiger charge is -2.17. The zero-order valence-electron chi connectivity index (χ0n) is 8.56. The van der Waals surface area contributed by atoms with Gasteiger partial charge in [0.2, 0.25) is 5.88 Å². The number of nitrogen functional groups attached to an aromatic ring is 1. The first kappa shape index (κ1) is 14.4. The zero-order valence-corrected chi connectivity index (χ0v) is 8.56. The number of hydrogen-bond donors (Lipinski definition) is 2. The van der Waals surface area contributed by atoms with E-state index in [0.717, 1.165) is 0 Å². The summed E-state index contributed by atoms with van der Waals surface area (Å²) in [6.45, 7) is -0.849. The minimum absolute atomic E-state index is 0.434. The number of pyridine rings is 1. The van der Waals surface area contributed by atoms with Crippen molar-refractivity contribution >= 4 is 5.69 Å². The molecule has 18 heavy (non-hydrogen) atoms. The molecule has 4 nitrogen and oxygen atoms in total. The summed E-state index contributed by atoms with van der Waals surface area (Å²) < 4.78 is 77.1. The van der Waals surface area contributed by atoms with Gasteiger partial charge in [-0.15, -0.1) is 13.2 Å². The average Bonchev–Trinajstić information content (AvgIpc) is 2.16. The van der Waals surface area contributed by atoms with Crippen LogP contribution in [0.15, 0.2) is 6.20 Å². The van der Waals surface area contributed by atoms with Crippen molar-refractivity contribution in [2.45, 2.75) is 19.1 Å². The highest BCUT2D eigenvalue weighted by Gasteiger charge is 2.40. The maximum atomic E-state index is 12.6. The lowest BCUT2D eigenvalue weighted by molar-refractivity contribution is -0.276. The fourth-order valence-electron chi connectivity index (χ4n) is 1.27. The predicted octanol–water partition coefficient (Wildman–Crippen LogP) is 2.04. The Morgan fingerprint density at radius 2 is 1.72 bits per heavy atom. The smallest absolute Gasteiger partial charge is 0.397 e. The van der Waals surface area contributed by atoms with Crippen molar-refractivity contribution in [3.8, 4) is 5.88 Å². The Morgan fingerprint density at radius 1 is 1.17 bits per heavy atom. The van der Waals surface area contributed by atoms with Crippen molar-refractivity contribution in [2.75, 3.05) is 5.73 Å². The first-order valence-electron chi connectivity index (χ1n) is 4.36. The Kier molecular flexibility index (Phi) is 3.60. The molecule has 4 N–H and O–H groups in total. The van der Waals surface area contributed by atoms with Crippen LogP contribution in [0.3, 0.4) is 0 Å². The SMILES string of the molecule is NCc1c(OC(F)(F)F)ncc(N)c1C(F)(F)F.